The van der Waals surface area contributed by atoms with E-state index in [0.717, 1.165) is 16.9 Å². The Labute approximate surface area is 181 Å². The number of aryl methyl sites for hydroxylation is 1. The normalized spacial score (nSPS) is 11.9. The van der Waals surface area contributed by atoms with Gasteiger partial charge < -0.3 is 14.6 Å². The number of halogens is 1. The van der Waals surface area contributed by atoms with E-state index >= 15 is 0 Å². The van der Waals surface area contributed by atoms with Crippen LogP contribution in [0, 0.1) is 12.7 Å². The van der Waals surface area contributed by atoms with Gasteiger partial charge in [-0.15, -0.1) is 0 Å². The second-order valence-electron chi connectivity index (χ2n) is 7.47. The SMILES string of the molecule is Cc1ccc(Oc2cccc(OC(CCN(C)CC(=O)O)c3ccc(F)cc3)c2)cc1. The fraction of sp³-hybridized carbons (Fsp3) is 0.240. The zero-order chi connectivity index (χ0) is 22.2. The molecule has 0 saturated heterocycles. The molecule has 3 rings (SSSR count). The van der Waals surface area contributed by atoms with E-state index in [2.05, 4.69) is 0 Å². The Hall–Kier alpha value is -3.38. The van der Waals surface area contributed by atoms with Crippen molar-refractivity contribution in [1.82, 2.24) is 4.90 Å². The van der Waals surface area contributed by atoms with E-state index in [1.165, 1.54) is 12.1 Å². The Morgan fingerprint density at radius 1 is 1.00 bits per heavy atom. The van der Waals surface area contributed by atoms with Crippen LogP contribution in [0.3, 0.4) is 0 Å². The summed E-state index contributed by atoms with van der Waals surface area (Å²) in [6, 6.07) is 21.3. The molecule has 0 bridgehead atoms. The van der Waals surface area contributed by atoms with Gasteiger partial charge >= 0.3 is 5.97 Å². The Morgan fingerprint density at radius 3 is 2.35 bits per heavy atom. The molecule has 0 aliphatic rings. The third-order valence-corrected chi connectivity index (χ3v) is 4.76. The maximum absolute atomic E-state index is 13.4. The summed E-state index contributed by atoms with van der Waals surface area (Å²) >= 11 is 0. The number of nitrogens with zero attached hydrogens (tertiary/aromatic N) is 1. The molecule has 3 aromatic rings. The van der Waals surface area contributed by atoms with Gasteiger partial charge in [0, 0.05) is 19.0 Å². The van der Waals surface area contributed by atoms with Gasteiger partial charge in [0.05, 0.1) is 6.54 Å². The van der Waals surface area contributed by atoms with Gasteiger partial charge in [-0.25, -0.2) is 4.39 Å². The number of likely N-dealkylation sites (N-methyl/N-ethyl adjacent to an activating group) is 1. The van der Waals surface area contributed by atoms with Crippen molar-refractivity contribution in [3.05, 3.63) is 89.7 Å². The quantitative estimate of drug-likeness (QED) is 0.470. The first-order chi connectivity index (χ1) is 14.9. The molecule has 0 aliphatic heterocycles. The number of carbonyl (C=O) groups is 1. The molecule has 162 valence electrons. The van der Waals surface area contributed by atoms with Crippen LogP contribution in [0.4, 0.5) is 4.39 Å². The molecule has 6 heteroatoms. The number of carboxylic acids is 1. The first-order valence-corrected chi connectivity index (χ1v) is 10.1. The smallest absolute Gasteiger partial charge is 0.317 e. The summed E-state index contributed by atoms with van der Waals surface area (Å²) in [5.41, 5.74) is 1.97. The van der Waals surface area contributed by atoms with Crippen LogP contribution < -0.4 is 9.47 Å². The summed E-state index contributed by atoms with van der Waals surface area (Å²) in [5.74, 6) is 0.775. The van der Waals surface area contributed by atoms with Gasteiger partial charge in [-0.1, -0.05) is 35.9 Å². The highest BCUT2D eigenvalue weighted by Gasteiger charge is 2.16. The second kappa shape index (κ2) is 10.6. The number of hydrogen-bond acceptors (Lipinski definition) is 4. The van der Waals surface area contributed by atoms with Crippen molar-refractivity contribution in [2.24, 2.45) is 0 Å². The van der Waals surface area contributed by atoms with Crippen LogP contribution in [-0.4, -0.2) is 36.1 Å². The zero-order valence-corrected chi connectivity index (χ0v) is 17.6. The minimum Gasteiger partial charge on any atom is -0.486 e. The van der Waals surface area contributed by atoms with Gasteiger partial charge in [0.2, 0.25) is 0 Å². The van der Waals surface area contributed by atoms with Crippen molar-refractivity contribution in [2.45, 2.75) is 19.4 Å². The van der Waals surface area contributed by atoms with E-state index in [9.17, 15) is 9.18 Å². The molecule has 1 unspecified atom stereocenters. The lowest BCUT2D eigenvalue weighted by Crippen LogP contribution is -2.28. The summed E-state index contributed by atoms with van der Waals surface area (Å²) in [5, 5.41) is 8.97. The van der Waals surface area contributed by atoms with E-state index in [1.807, 2.05) is 49.4 Å². The standard InChI is InChI=1S/C25H26FNO4/c1-18-6-12-21(13-7-18)30-22-4-3-5-23(16-22)31-24(14-15-27(2)17-25(28)29)19-8-10-20(26)11-9-19/h3-13,16,24H,14-15,17H2,1-2H3,(H,28,29). The van der Waals surface area contributed by atoms with E-state index in [-0.39, 0.29) is 18.5 Å². The molecule has 1 N–H and O–H groups in total. The van der Waals surface area contributed by atoms with Gasteiger partial charge in [0.25, 0.3) is 0 Å². The maximum atomic E-state index is 13.4. The van der Waals surface area contributed by atoms with Gasteiger partial charge in [0.1, 0.15) is 29.2 Å². The van der Waals surface area contributed by atoms with Gasteiger partial charge in [-0.3, -0.25) is 9.69 Å². The van der Waals surface area contributed by atoms with Crippen LogP contribution >= 0.6 is 0 Å². The average molecular weight is 423 g/mol. The number of rotatable bonds is 10. The topological polar surface area (TPSA) is 59.0 Å². The molecular formula is C25H26FNO4. The van der Waals surface area contributed by atoms with Crippen LogP contribution in [0.1, 0.15) is 23.7 Å². The van der Waals surface area contributed by atoms with Crippen LogP contribution in [0.2, 0.25) is 0 Å². The van der Waals surface area contributed by atoms with Crippen LogP contribution in [-0.2, 0) is 4.79 Å². The number of ether oxygens (including phenoxy) is 2. The highest BCUT2D eigenvalue weighted by atomic mass is 19.1. The number of benzene rings is 3. The first kappa shape index (κ1) is 22.3. The van der Waals surface area contributed by atoms with Crippen LogP contribution in [0.25, 0.3) is 0 Å². The molecule has 1 atom stereocenters. The van der Waals surface area contributed by atoms with Crippen LogP contribution in [0.15, 0.2) is 72.8 Å². The lowest BCUT2D eigenvalue weighted by molar-refractivity contribution is -0.138. The molecule has 31 heavy (non-hydrogen) atoms. The first-order valence-electron chi connectivity index (χ1n) is 10.1. The van der Waals surface area contributed by atoms with Crippen molar-refractivity contribution in [3.63, 3.8) is 0 Å². The van der Waals surface area contributed by atoms with E-state index in [0.29, 0.717) is 24.5 Å². The third-order valence-electron chi connectivity index (χ3n) is 4.76. The van der Waals surface area contributed by atoms with Crippen molar-refractivity contribution in [2.75, 3.05) is 20.1 Å². The van der Waals surface area contributed by atoms with E-state index in [1.54, 1.807) is 30.1 Å². The second-order valence-corrected chi connectivity index (χ2v) is 7.47. The highest BCUT2D eigenvalue weighted by Crippen LogP contribution is 2.30. The molecule has 0 amide bonds. The largest absolute Gasteiger partial charge is 0.486 e. The molecule has 5 nitrogen and oxygen atoms in total. The summed E-state index contributed by atoms with van der Waals surface area (Å²) in [7, 11) is 1.74. The number of aliphatic carboxylic acids is 1. The van der Waals surface area contributed by atoms with Gasteiger partial charge in [-0.05, 0) is 55.9 Å². The predicted octanol–water partition coefficient (Wildman–Crippen LogP) is 5.45. The van der Waals surface area contributed by atoms with Crippen molar-refractivity contribution < 1.29 is 23.8 Å². The van der Waals surface area contributed by atoms with Crippen molar-refractivity contribution in [3.8, 4) is 17.2 Å². The fourth-order valence-corrected chi connectivity index (χ4v) is 3.14. The lowest BCUT2D eigenvalue weighted by atomic mass is 10.1. The molecule has 0 radical (unpaired) electrons. The summed E-state index contributed by atoms with van der Waals surface area (Å²) in [4.78, 5) is 12.6. The van der Waals surface area contributed by atoms with Crippen molar-refractivity contribution >= 4 is 5.97 Å². The number of carboxylic acid groups (broad SMARTS) is 1. The van der Waals surface area contributed by atoms with Gasteiger partial charge in [-0.2, -0.15) is 0 Å². The Bertz CT molecular complexity index is 989. The fourth-order valence-electron chi connectivity index (χ4n) is 3.14. The molecule has 0 aromatic heterocycles. The molecule has 0 spiro atoms. The number of hydrogen-bond donors (Lipinski definition) is 1. The summed E-state index contributed by atoms with van der Waals surface area (Å²) < 4.78 is 25.5. The van der Waals surface area contributed by atoms with E-state index in [4.69, 9.17) is 14.6 Å². The molecule has 0 saturated carbocycles. The maximum Gasteiger partial charge on any atom is 0.317 e. The third kappa shape index (κ3) is 7.12. The minimum atomic E-state index is -0.886. The Morgan fingerprint density at radius 2 is 1.68 bits per heavy atom. The zero-order valence-electron chi connectivity index (χ0n) is 17.6. The monoisotopic (exact) mass is 423 g/mol. The summed E-state index contributed by atoms with van der Waals surface area (Å²) in [6.07, 6.45) is 0.171. The lowest BCUT2D eigenvalue weighted by Gasteiger charge is -2.23. The van der Waals surface area contributed by atoms with Crippen LogP contribution in [0.5, 0.6) is 17.2 Å². The Kier molecular flexibility index (Phi) is 7.62. The predicted molar refractivity (Wildman–Crippen MR) is 117 cm³/mol. The summed E-state index contributed by atoms with van der Waals surface area (Å²) in [6.45, 7) is 2.46. The molecule has 3 aromatic carbocycles. The van der Waals surface area contributed by atoms with Gasteiger partial charge in [0.15, 0.2) is 0 Å². The van der Waals surface area contributed by atoms with Crippen molar-refractivity contribution in [1.29, 1.82) is 0 Å². The minimum absolute atomic E-state index is 0.0595. The molecule has 0 heterocycles. The van der Waals surface area contributed by atoms with E-state index < -0.39 is 5.97 Å². The molecule has 0 aliphatic carbocycles. The molecule has 0 fully saturated rings. The Balaban J connectivity index is 1.74. The highest BCUT2D eigenvalue weighted by molar-refractivity contribution is 5.69. The molecular weight excluding hydrogens is 397 g/mol. The average Bonchev–Trinajstić information content (AvgIpc) is 2.73.